The van der Waals surface area contributed by atoms with E-state index in [1.807, 2.05) is 36.5 Å². The monoisotopic (exact) mass is 360 g/mol. The minimum Gasteiger partial charge on any atom is -0.497 e. The lowest BCUT2D eigenvalue weighted by molar-refractivity contribution is 0.413. The Kier molecular flexibility index (Phi) is 3.89. The highest BCUT2D eigenvalue weighted by Crippen LogP contribution is 2.33. The van der Waals surface area contributed by atoms with Gasteiger partial charge in [0.25, 0.3) is 5.89 Å². The molecule has 6 nitrogen and oxygen atoms in total. The second kappa shape index (κ2) is 6.54. The molecule has 2 heterocycles. The largest absolute Gasteiger partial charge is 0.497 e. The molecular weight excluding hydrogens is 340 g/mol. The van der Waals surface area contributed by atoms with E-state index in [1.165, 1.54) is 31.2 Å². The lowest BCUT2D eigenvalue weighted by Crippen LogP contribution is -2.05. The lowest BCUT2D eigenvalue weighted by atomic mass is 10.1. The van der Waals surface area contributed by atoms with Crippen LogP contribution >= 0.6 is 0 Å². The number of hydrogen-bond acceptors (Lipinski definition) is 5. The molecule has 1 saturated carbocycles. The standard InChI is InChI=1S/C21H20N4O2/c1-26-18-8-4-5-15(12-18)21-23-20(24-27-21)14-9-10-19-16(11-14)13-22-25(19)17-6-2-3-7-17/h4-5,8-13,17H,2-3,6-7H2,1H3. The van der Waals surface area contributed by atoms with E-state index in [1.54, 1.807) is 7.11 Å². The van der Waals surface area contributed by atoms with E-state index < -0.39 is 0 Å². The van der Waals surface area contributed by atoms with Gasteiger partial charge in [0, 0.05) is 16.5 Å². The fourth-order valence-corrected chi connectivity index (χ4v) is 3.85. The summed E-state index contributed by atoms with van der Waals surface area (Å²) in [5.41, 5.74) is 2.93. The summed E-state index contributed by atoms with van der Waals surface area (Å²) in [6.45, 7) is 0. The van der Waals surface area contributed by atoms with Crippen LogP contribution in [0, 0.1) is 0 Å². The van der Waals surface area contributed by atoms with Gasteiger partial charge in [-0.25, -0.2) is 0 Å². The zero-order valence-electron chi connectivity index (χ0n) is 15.1. The van der Waals surface area contributed by atoms with Crippen molar-refractivity contribution in [3.63, 3.8) is 0 Å². The Bertz CT molecular complexity index is 1090. The molecule has 0 N–H and O–H groups in total. The molecule has 0 unspecified atom stereocenters. The SMILES string of the molecule is COc1cccc(-c2nc(-c3ccc4c(cnn4C4CCCC4)c3)no2)c1. The van der Waals surface area contributed by atoms with Crippen molar-refractivity contribution in [2.75, 3.05) is 7.11 Å². The highest BCUT2D eigenvalue weighted by molar-refractivity contribution is 5.83. The molecule has 136 valence electrons. The number of benzene rings is 2. The molecule has 5 rings (SSSR count). The van der Waals surface area contributed by atoms with Gasteiger partial charge in [0.05, 0.1) is 24.9 Å². The Morgan fingerprint density at radius 2 is 1.96 bits per heavy atom. The van der Waals surface area contributed by atoms with Crippen molar-refractivity contribution in [2.45, 2.75) is 31.7 Å². The Morgan fingerprint density at radius 1 is 1.07 bits per heavy atom. The fraction of sp³-hybridized carbons (Fsp3) is 0.286. The van der Waals surface area contributed by atoms with Crippen molar-refractivity contribution in [1.29, 1.82) is 0 Å². The summed E-state index contributed by atoms with van der Waals surface area (Å²) >= 11 is 0. The number of fused-ring (bicyclic) bond motifs is 1. The summed E-state index contributed by atoms with van der Waals surface area (Å²) in [7, 11) is 1.64. The lowest BCUT2D eigenvalue weighted by Gasteiger charge is -2.11. The highest BCUT2D eigenvalue weighted by atomic mass is 16.5. The number of aromatic nitrogens is 4. The molecule has 0 saturated heterocycles. The first-order chi connectivity index (χ1) is 13.3. The smallest absolute Gasteiger partial charge is 0.258 e. The number of ether oxygens (including phenoxy) is 1. The molecule has 1 aliphatic rings. The molecule has 4 aromatic rings. The van der Waals surface area contributed by atoms with Gasteiger partial charge in [0.15, 0.2) is 0 Å². The van der Waals surface area contributed by atoms with Crippen molar-refractivity contribution in [1.82, 2.24) is 19.9 Å². The number of hydrogen-bond donors (Lipinski definition) is 0. The van der Waals surface area contributed by atoms with E-state index in [0.717, 1.165) is 22.3 Å². The summed E-state index contributed by atoms with van der Waals surface area (Å²) in [4.78, 5) is 4.56. The molecule has 6 heteroatoms. The van der Waals surface area contributed by atoms with Gasteiger partial charge in [0.1, 0.15) is 5.75 Å². The maximum absolute atomic E-state index is 5.47. The summed E-state index contributed by atoms with van der Waals surface area (Å²) in [6, 6.07) is 14.3. The third-order valence-corrected chi connectivity index (χ3v) is 5.27. The fourth-order valence-electron chi connectivity index (χ4n) is 3.85. The zero-order chi connectivity index (χ0) is 18.2. The number of rotatable bonds is 4. The van der Waals surface area contributed by atoms with Gasteiger partial charge in [-0.2, -0.15) is 10.1 Å². The predicted molar refractivity (Wildman–Crippen MR) is 103 cm³/mol. The first-order valence-corrected chi connectivity index (χ1v) is 9.27. The van der Waals surface area contributed by atoms with Crippen LogP contribution in [0.15, 0.2) is 53.2 Å². The molecule has 0 spiro atoms. The molecule has 0 bridgehead atoms. The van der Waals surface area contributed by atoms with Crippen LogP contribution in [0.2, 0.25) is 0 Å². The number of nitrogens with zero attached hydrogens (tertiary/aromatic N) is 4. The summed E-state index contributed by atoms with van der Waals surface area (Å²) in [5.74, 6) is 1.81. The zero-order valence-corrected chi connectivity index (χ0v) is 15.1. The van der Waals surface area contributed by atoms with Crippen molar-refractivity contribution in [3.8, 4) is 28.6 Å². The van der Waals surface area contributed by atoms with E-state index >= 15 is 0 Å². The van der Waals surface area contributed by atoms with Crippen LogP contribution in [-0.4, -0.2) is 27.0 Å². The third kappa shape index (κ3) is 2.87. The Hall–Kier alpha value is -3.15. The Morgan fingerprint density at radius 3 is 2.81 bits per heavy atom. The van der Waals surface area contributed by atoms with Gasteiger partial charge in [-0.15, -0.1) is 0 Å². The maximum atomic E-state index is 5.47. The molecule has 27 heavy (non-hydrogen) atoms. The quantitative estimate of drug-likeness (QED) is 0.519. The highest BCUT2D eigenvalue weighted by Gasteiger charge is 2.20. The molecule has 0 radical (unpaired) electrons. The van der Waals surface area contributed by atoms with Gasteiger partial charge in [-0.1, -0.05) is 24.1 Å². The second-order valence-electron chi connectivity index (χ2n) is 6.96. The Labute approximate surface area is 156 Å². The number of methoxy groups -OCH3 is 1. The molecule has 0 atom stereocenters. The van der Waals surface area contributed by atoms with Crippen molar-refractivity contribution in [3.05, 3.63) is 48.7 Å². The van der Waals surface area contributed by atoms with Crippen LogP contribution in [0.4, 0.5) is 0 Å². The van der Waals surface area contributed by atoms with Gasteiger partial charge < -0.3 is 9.26 Å². The van der Waals surface area contributed by atoms with Gasteiger partial charge in [0.2, 0.25) is 5.82 Å². The van der Waals surface area contributed by atoms with Crippen LogP contribution in [0.3, 0.4) is 0 Å². The van der Waals surface area contributed by atoms with Crippen LogP contribution in [0.1, 0.15) is 31.7 Å². The first-order valence-electron chi connectivity index (χ1n) is 9.27. The summed E-state index contributed by atoms with van der Waals surface area (Å²) < 4.78 is 12.9. The van der Waals surface area contributed by atoms with Crippen molar-refractivity contribution < 1.29 is 9.26 Å². The molecule has 2 aromatic carbocycles. The third-order valence-electron chi connectivity index (χ3n) is 5.27. The Balaban J connectivity index is 1.48. The van der Waals surface area contributed by atoms with Crippen LogP contribution < -0.4 is 4.74 Å². The van der Waals surface area contributed by atoms with E-state index in [4.69, 9.17) is 9.26 Å². The van der Waals surface area contributed by atoms with Gasteiger partial charge >= 0.3 is 0 Å². The average molecular weight is 360 g/mol. The van der Waals surface area contributed by atoms with Crippen LogP contribution in [0.5, 0.6) is 5.75 Å². The molecule has 0 amide bonds. The second-order valence-corrected chi connectivity index (χ2v) is 6.96. The molecule has 1 aliphatic carbocycles. The van der Waals surface area contributed by atoms with E-state index in [-0.39, 0.29) is 0 Å². The van der Waals surface area contributed by atoms with E-state index in [0.29, 0.717) is 17.8 Å². The van der Waals surface area contributed by atoms with Crippen molar-refractivity contribution in [2.24, 2.45) is 0 Å². The van der Waals surface area contributed by atoms with E-state index in [9.17, 15) is 0 Å². The maximum Gasteiger partial charge on any atom is 0.258 e. The minimum absolute atomic E-state index is 0.477. The topological polar surface area (TPSA) is 66.0 Å². The van der Waals surface area contributed by atoms with Crippen LogP contribution in [-0.2, 0) is 0 Å². The van der Waals surface area contributed by atoms with Gasteiger partial charge in [-0.05, 0) is 49.2 Å². The molecular formula is C21H20N4O2. The molecule has 1 fully saturated rings. The van der Waals surface area contributed by atoms with Gasteiger partial charge in [-0.3, -0.25) is 4.68 Å². The predicted octanol–water partition coefficient (Wildman–Crippen LogP) is 4.88. The molecule has 2 aromatic heterocycles. The normalized spacial score (nSPS) is 14.9. The van der Waals surface area contributed by atoms with Crippen LogP contribution in [0.25, 0.3) is 33.7 Å². The summed E-state index contributed by atoms with van der Waals surface area (Å²) in [6.07, 6.45) is 6.95. The molecule has 0 aliphatic heterocycles. The van der Waals surface area contributed by atoms with E-state index in [2.05, 4.69) is 32.1 Å². The van der Waals surface area contributed by atoms with Crippen molar-refractivity contribution >= 4 is 10.9 Å². The first kappa shape index (κ1) is 16.1. The minimum atomic E-state index is 0.477. The average Bonchev–Trinajstić information content (AvgIpc) is 3.47. The summed E-state index contributed by atoms with van der Waals surface area (Å²) in [5, 5.41) is 9.88.